The van der Waals surface area contributed by atoms with Crippen LogP contribution in [-0.2, 0) is 4.79 Å². The first-order valence-electron chi connectivity index (χ1n) is 6.74. The molecule has 1 N–H and O–H groups in total. The Bertz CT molecular complexity index is 599. The van der Waals surface area contributed by atoms with Gasteiger partial charge in [-0.15, -0.1) is 0 Å². The van der Waals surface area contributed by atoms with Gasteiger partial charge < -0.3 is 10.1 Å². The molecule has 4 nitrogen and oxygen atoms in total. The van der Waals surface area contributed by atoms with Crippen LogP contribution in [0.2, 0.25) is 5.02 Å². The normalized spacial score (nSPS) is 10.2. The van der Waals surface area contributed by atoms with Crippen LogP contribution < -0.4 is 10.1 Å². The molecule has 0 spiro atoms. The number of rotatable bonds is 6. The summed E-state index contributed by atoms with van der Waals surface area (Å²) >= 11 is 5.73. The Morgan fingerprint density at radius 3 is 2.90 bits per heavy atom. The first-order chi connectivity index (χ1) is 10.1. The number of ether oxygens (including phenoxy) is 1. The Balaban J connectivity index is 1.68. The van der Waals surface area contributed by atoms with E-state index in [1.54, 1.807) is 12.1 Å². The van der Waals surface area contributed by atoms with Gasteiger partial charge in [0.15, 0.2) is 0 Å². The van der Waals surface area contributed by atoms with Crippen molar-refractivity contribution in [2.45, 2.75) is 19.8 Å². The van der Waals surface area contributed by atoms with Crippen molar-refractivity contribution in [3.05, 3.63) is 53.2 Å². The topological polar surface area (TPSA) is 51.2 Å². The van der Waals surface area contributed by atoms with Crippen LogP contribution in [0.15, 0.2) is 42.6 Å². The lowest BCUT2D eigenvalue weighted by molar-refractivity contribution is -0.116. The predicted octanol–water partition coefficient (Wildman–Crippen LogP) is 3.84. The molecule has 0 unspecified atom stereocenters. The van der Waals surface area contributed by atoms with Gasteiger partial charge in [-0.1, -0.05) is 23.7 Å². The van der Waals surface area contributed by atoms with E-state index in [4.69, 9.17) is 16.3 Å². The Labute approximate surface area is 129 Å². The highest BCUT2D eigenvalue weighted by Gasteiger charge is 2.03. The van der Waals surface area contributed by atoms with Crippen molar-refractivity contribution in [3.63, 3.8) is 0 Å². The summed E-state index contributed by atoms with van der Waals surface area (Å²) in [5, 5.41) is 3.25. The second-order valence-electron chi connectivity index (χ2n) is 4.68. The molecule has 21 heavy (non-hydrogen) atoms. The number of nitrogens with one attached hydrogen (secondary N) is 1. The zero-order chi connectivity index (χ0) is 15.1. The summed E-state index contributed by atoms with van der Waals surface area (Å²) in [6.07, 6.45) is 2.53. The van der Waals surface area contributed by atoms with Gasteiger partial charge in [-0.2, -0.15) is 0 Å². The summed E-state index contributed by atoms with van der Waals surface area (Å²) in [7, 11) is 0. The van der Waals surface area contributed by atoms with Gasteiger partial charge in [-0.25, -0.2) is 4.98 Å². The highest BCUT2D eigenvalue weighted by Crippen LogP contribution is 2.13. The van der Waals surface area contributed by atoms with Crippen LogP contribution in [0.3, 0.4) is 0 Å². The number of halogens is 1. The fourth-order valence-electron chi connectivity index (χ4n) is 1.78. The van der Waals surface area contributed by atoms with Gasteiger partial charge in [0.05, 0.1) is 11.6 Å². The second kappa shape index (κ2) is 7.64. The van der Waals surface area contributed by atoms with Gasteiger partial charge in [0, 0.05) is 12.6 Å². The van der Waals surface area contributed by atoms with Crippen molar-refractivity contribution < 1.29 is 9.53 Å². The molecular weight excluding hydrogens is 288 g/mol. The quantitative estimate of drug-likeness (QED) is 0.825. The molecule has 0 fully saturated rings. The molecule has 5 heteroatoms. The van der Waals surface area contributed by atoms with E-state index in [1.807, 2.05) is 31.2 Å². The van der Waals surface area contributed by atoms with Gasteiger partial charge in [-0.05, 0) is 43.2 Å². The zero-order valence-corrected chi connectivity index (χ0v) is 12.6. The van der Waals surface area contributed by atoms with E-state index in [0.29, 0.717) is 30.3 Å². The second-order valence-corrected chi connectivity index (χ2v) is 5.11. The SMILES string of the molecule is Cc1cccc(OCCCC(=O)Nc2ccc(Cl)cn2)c1. The van der Waals surface area contributed by atoms with Gasteiger partial charge in [0.2, 0.25) is 5.91 Å². The van der Waals surface area contributed by atoms with Crippen LogP contribution in [0.5, 0.6) is 5.75 Å². The lowest BCUT2D eigenvalue weighted by Gasteiger charge is -2.07. The van der Waals surface area contributed by atoms with Crippen molar-refractivity contribution in [2.75, 3.05) is 11.9 Å². The number of carbonyl (C=O) groups is 1. The summed E-state index contributed by atoms with van der Waals surface area (Å²) in [4.78, 5) is 15.7. The summed E-state index contributed by atoms with van der Waals surface area (Å²) < 4.78 is 5.59. The molecule has 0 saturated heterocycles. The van der Waals surface area contributed by atoms with Gasteiger partial charge in [0.25, 0.3) is 0 Å². The van der Waals surface area contributed by atoms with E-state index in [9.17, 15) is 4.79 Å². The van der Waals surface area contributed by atoms with E-state index in [-0.39, 0.29) is 5.91 Å². The van der Waals surface area contributed by atoms with Crippen LogP contribution in [0, 0.1) is 6.92 Å². The molecule has 0 aliphatic carbocycles. The molecule has 0 aliphatic rings. The smallest absolute Gasteiger partial charge is 0.225 e. The molecular formula is C16H17ClN2O2. The van der Waals surface area contributed by atoms with Crippen molar-refractivity contribution in [1.82, 2.24) is 4.98 Å². The van der Waals surface area contributed by atoms with E-state index >= 15 is 0 Å². The van der Waals surface area contributed by atoms with Gasteiger partial charge in [0.1, 0.15) is 11.6 Å². The van der Waals surface area contributed by atoms with Gasteiger partial charge >= 0.3 is 0 Å². The molecule has 0 saturated carbocycles. The Morgan fingerprint density at radius 2 is 2.19 bits per heavy atom. The number of aryl methyl sites for hydroxylation is 1. The monoisotopic (exact) mass is 304 g/mol. The summed E-state index contributed by atoms with van der Waals surface area (Å²) in [5.74, 6) is 1.25. The first-order valence-corrected chi connectivity index (χ1v) is 7.12. The van der Waals surface area contributed by atoms with E-state index < -0.39 is 0 Å². The number of nitrogens with zero attached hydrogens (tertiary/aromatic N) is 1. The summed E-state index contributed by atoms with van der Waals surface area (Å²) in [6.45, 7) is 2.52. The number of hydrogen-bond donors (Lipinski definition) is 1. The Morgan fingerprint density at radius 1 is 1.33 bits per heavy atom. The third-order valence-corrected chi connectivity index (χ3v) is 3.02. The molecule has 0 radical (unpaired) electrons. The van der Waals surface area contributed by atoms with Crippen molar-refractivity contribution in [3.8, 4) is 5.75 Å². The first kappa shape index (κ1) is 15.3. The number of benzene rings is 1. The molecule has 1 heterocycles. The average molecular weight is 305 g/mol. The maximum atomic E-state index is 11.7. The zero-order valence-electron chi connectivity index (χ0n) is 11.8. The largest absolute Gasteiger partial charge is 0.494 e. The predicted molar refractivity (Wildman–Crippen MR) is 83.8 cm³/mol. The third-order valence-electron chi connectivity index (χ3n) is 2.80. The fraction of sp³-hybridized carbons (Fsp3) is 0.250. The summed E-state index contributed by atoms with van der Waals surface area (Å²) in [5.41, 5.74) is 1.15. The minimum atomic E-state index is -0.0855. The fourth-order valence-corrected chi connectivity index (χ4v) is 1.89. The minimum absolute atomic E-state index is 0.0855. The molecule has 1 aromatic heterocycles. The number of amides is 1. The highest BCUT2D eigenvalue weighted by atomic mass is 35.5. The standard InChI is InChI=1S/C16H17ClN2O2/c1-12-4-2-5-14(10-12)21-9-3-6-16(20)19-15-8-7-13(17)11-18-15/h2,4-5,7-8,10-11H,3,6,9H2,1H3,(H,18,19,20). The Kier molecular flexibility index (Phi) is 5.58. The summed E-state index contributed by atoms with van der Waals surface area (Å²) in [6, 6.07) is 11.2. The molecule has 1 amide bonds. The lowest BCUT2D eigenvalue weighted by Crippen LogP contribution is -2.13. The number of anilines is 1. The molecule has 2 rings (SSSR count). The molecule has 0 atom stereocenters. The number of pyridine rings is 1. The highest BCUT2D eigenvalue weighted by molar-refractivity contribution is 6.30. The van der Waals surface area contributed by atoms with Crippen molar-refractivity contribution in [1.29, 1.82) is 0 Å². The number of aromatic nitrogens is 1. The molecule has 1 aromatic carbocycles. The van der Waals surface area contributed by atoms with E-state index in [0.717, 1.165) is 11.3 Å². The van der Waals surface area contributed by atoms with Crippen LogP contribution in [0.4, 0.5) is 5.82 Å². The Hall–Kier alpha value is -2.07. The third kappa shape index (κ3) is 5.44. The molecule has 0 bridgehead atoms. The lowest BCUT2D eigenvalue weighted by atomic mass is 10.2. The molecule has 2 aromatic rings. The van der Waals surface area contributed by atoms with Crippen LogP contribution >= 0.6 is 11.6 Å². The van der Waals surface area contributed by atoms with Crippen molar-refractivity contribution in [2.24, 2.45) is 0 Å². The van der Waals surface area contributed by atoms with E-state index in [2.05, 4.69) is 10.3 Å². The maximum Gasteiger partial charge on any atom is 0.225 e. The minimum Gasteiger partial charge on any atom is -0.494 e. The maximum absolute atomic E-state index is 11.7. The van der Waals surface area contributed by atoms with E-state index in [1.165, 1.54) is 6.20 Å². The number of hydrogen-bond acceptors (Lipinski definition) is 3. The van der Waals surface area contributed by atoms with Crippen LogP contribution in [0.1, 0.15) is 18.4 Å². The van der Waals surface area contributed by atoms with Crippen LogP contribution in [0.25, 0.3) is 0 Å². The van der Waals surface area contributed by atoms with Crippen LogP contribution in [-0.4, -0.2) is 17.5 Å². The molecule has 110 valence electrons. The average Bonchev–Trinajstić information content (AvgIpc) is 2.46. The van der Waals surface area contributed by atoms with Gasteiger partial charge in [-0.3, -0.25) is 4.79 Å². The number of carbonyl (C=O) groups excluding carboxylic acids is 1. The molecule has 0 aliphatic heterocycles. The van der Waals surface area contributed by atoms with Crippen molar-refractivity contribution >= 4 is 23.3 Å².